The number of imidazole rings is 1. The Balaban J connectivity index is 1.95. The third kappa shape index (κ3) is 4.76. The maximum Gasteiger partial charge on any atom is 0.573 e. The summed E-state index contributed by atoms with van der Waals surface area (Å²) in [5.74, 6) is -1.18. The molecule has 1 saturated carbocycles. The summed E-state index contributed by atoms with van der Waals surface area (Å²) in [6.45, 7) is 3.39. The van der Waals surface area contributed by atoms with Crippen LogP contribution in [0.15, 0.2) is 30.9 Å². The lowest BCUT2D eigenvalue weighted by atomic mass is 10.2. The second kappa shape index (κ2) is 7.18. The third-order valence-corrected chi connectivity index (χ3v) is 4.17. The lowest BCUT2D eigenvalue weighted by Crippen LogP contribution is -2.18. The summed E-state index contributed by atoms with van der Waals surface area (Å²) in [5, 5.41) is 10.4. The number of allylic oxidation sites excluding steroid dienone is 1. The molecular formula is C17H18F4N4O2. The van der Waals surface area contributed by atoms with Gasteiger partial charge in [-0.3, -0.25) is 0 Å². The summed E-state index contributed by atoms with van der Waals surface area (Å²) >= 11 is 0. The fraction of sp³-hybridized carbons (Fsp3) is 0.412. The molecule has 1 atom stereocenters. The van der Waals surface area contributed by atoms with Gasteiger partial charge >= 0.3 is 6.36 Å². The Labute approximate surface area is 152 Å². The summed E-state index contributed by atoms with van der Waals surface area (Å²) < 4.78 is 56.0. The van der Waals surface area contributed by atoms with Crippen LogP contribution in [0.25, 0.3) is 11.3 Å². The lowest BCUT2D eigenvalue weighted by molar-refractivity contribution is -0.274. The van der Waals surface area contributed by atoms with Gasteiger partial charge in [0, 0.05) is 30.9 Å². The van der Waals surface area contributed by atoms with Crippen molar-refractivity contribution in [1.29, 1.82) is 0 Å². The Kier molecular flexibility index (Phi) is 5.09. The number of anilines is 1. The number of aliphatic hydroxyl groups excluding tert-OH is 1. The van der Waals surface area contributed by atoms with Crippen molar-refractivity contribution in [1.82, 2.24) is 14.5 Å². The van der Waals surface area contributed by atoms with Crippen LogP contribution in [0.1, 0.15) is 31.2 Å². The van der Waals surface area contributed by atoms with Crippen molar-refractivity contribution < 1.29 is 27.4 Å². The van der Waals surface area contributed by atoms with Crippen LogP contribution in [0, 0.1) is 5.92 Å². The van der Waals surface area contributed by atoms with Crippen molar-refractivity contribution >= 4 is 5.82 Å². The van der Waals surface area contributed by atoms with E-state index in [0.29, 0.717) is 5.82 Å². The average molecular weight is 386 g/mol. The number of hydrogen-bond acceptors (Lipinski definition) is 5. The van der Waals surface area contributed by atoms with Crippen LogP contribution in [-0.4, -0.2) is 26.0 Å². The van der Waals surface area contributed by atoms with E-state index in [4.69, 9.17) is 5.73 Å². The van der Waals surface area contributed by atoms with Crippen molar-refractivity contribution in [3.05, 3.63) is 36.7 Å². The first-order valence-corrected chi connectivity index (χ1v) is 8.24. The molecular weight excluding hydrogens is 368 g/mol. The van der Waals surface area contributed by atoms with Crippen molar-refractivity contribution in [2.24, 2.45) is 5.92 Å². The highest BCUT2D eigenvalue weighted by Gasteiger charge is 2.35. The van der Waals surface area contributed by atoms with Crippen molar-refractivity contribution in [3.63, 3.8) is 0 Å². The fourth-order valence-electron chi connectivity index (χ4n) is 2.65. The SMILES string of the molecule is C=C(F)CCn1cc(-c2cnc(N)c(OC(F)(F)F)c2)nc1C(O)C1CC1. The van der Waals surface area contributed by atoms with Crippen molar-refractivity contribution in [2.45, 2.75) is 38.3 Å². The highest BCUT2D eigenvalue weighted by Crippen LogP contribution is 2.41. The van der Waals surface area contributed by atoms with Crippen LogP contribution in [0.3, 0.4) is 0 Å². The van der Waals surface area contributed by atoms with Gasteiger partial charge in [0.25, 0.3) is 0 Å². The van der Waals surface area contributed by atoms with Gasteiger partial charge in [-0.25, -0.2) is 14.4 Å². The molecule has 0 saturated heterocycles. The number of aryl methyl sites for hydroxylation is 1. The van der Waals surface area contributed by atoms with Gasteiger partial charge in [-0.1, -0.05) is 6.58 Å². The summed E-state index contributed by atoms with van der Waals surface area (Å²) in [6.07, 6.45) is -1.23. The molecule has 6 nitrogen and oxygen atoms in total. The van der Waals surface area contributed by atoms with E-state index < -0.39 is 29.9 Å². The highest BCUT2D eigenvalue weighted by atomic mass is 19.4. The van der Waals surface area contributed by atoms with E-state index in [1.54, 1.807) is 4.57 Å². The van der Waals surface area contributed by atoms with Gasteiger partial charge in [-0.05, 0) is 24.8 Å². The predicted octanol–water partition coefficient (Wildman–Crippen LogP) is 3.74. The number of hydrogen-bond donors (Lipinski definition) is 2. The molecule has 3 rings (SSSR count). The average Bonchev–Trinajstić information content (AvgIpc) is 3.33. The molecule has 1 aliphatic carbocycles. The number of alkyl halides is 3. The van der Waals surface area contributed by atoms with E-state index in [1.807, 2.05) is 0 Å². The Morgan fingerprint density at radius 2 is 2.15 bits per heavy atom. The second-order valence-corrected chi connectivity index (χ2v) is 6.38. The standard InChI is InChI=1S/C17H18F4N4O2/c1-9(18)4-5-25-8-12(24-16(25)14(26)10-2-3-10)11-6-13(15(22)23-7-11)27-17(19,20)21/h6-8,10,14,26H,1-5H2,(H2,22,23). The van der Waals surface area contributed by atoms with E-state index in [-0.39, 0.29) is 30.1 Å². The molecule has 0 aromatic carbocycles. The maximum absolute atomic E-state index is 13.0. The minimum absolute atomic E-state index is 0.0304. The van der Waals surface area contributed by atoms with Gasteiger partial charge in [-0.15, -0.1) is 13.2 Å². The van der Waals surface area contributed by atoms with E-state index in [0.717, 1.165) is 18.9 Å². The van der Waals surface area contributed by atoms with Gasteiger partial charge in [0.15, 0.2) is 11.6 Å². The number of nitrogen functional groups attached to an aromatic ring is 1. The summed E-state index contributed by atoms with van der Waals surface area (Å²) in [6, 6.07) is 1.07. The first kappa shape index (κ1) is 19.2. The third-order valence-electron chi connectivity index (χ3n) is 4.17. The monoisotopic (exact) mass is 386 g/mol. The number of aromatic nitrogens is 3. The largest absolute Gasteiger partial charge is 0.573 e. The zero-order valence-electron chi connectivity index (χ0n) is 14.2. The summed E-state index contributed by atoms with van der Waals surface area (Å²) in [7, 11) is 0. The molecule has 2 heterocycles. The van der Waals surface area contributed by atoms with Crippen molar-refractivity contribution in [3.8, 4) is 17.0 Å². The smallest absolute Gasteiger partial charge is 0.402 e. The number of halogens is 4. The Morgan fingerprint density at radius 1 is 1.44 bits per heavy atom. The number of aliphatic hydroxyl groups is 1. The van der Waals surface area contributed by atoms with Gasteiger partial charge in [0.05, 0.1) is 11.5 Å². The fourth-order valence-corrected chi connectivity index (χ4v) is 2.65. The molecule has 27 heavy (non-hydrogen) atoms. The maximum atomic E-state index is 13.0. The molecule has 0 amide bonds. The van der Waals surface area contributed by atoms with Crippen LogP contribution in [0.2, 0.25) is 0 Å². The minimum atomic E-state index is -4.91. The Morgan fingerprint density at radius 3 is 2.74 bits per heavy atom. The molecule has 3 N–H and O–H groups in total. The lowest BCUT2D eigenvalue weighted by Gasteiger charge is -2.11. The zero-order chi connectivity index (χ0) is 19.8. The topological polar surface area (TPSA) is 86.2 Å². The zero-order valence-corrected chi connectivity index (χ0v) is 14.2. The van der Waals surface area contributed by atoms with E-state index in [1.165, 1.54) is 12.4 Å². The number of nitrogens with two attached hydrogens (primary N) is 1. The molecule has 10 heteroatoms. The summed E-state index contributed by atoms with van der Waals surface area (Å²) in [4.78, 5) is 8.04. The molecule has 1 unspecified atom stereocenters. The normalized spacial score (nSPS) is 15.6. The Bertz CT molecular complexity index is 846. The summed E-state index contributed by atoms with van der Waals surface area (Å²) in [5.41, 5.74) is 5.93. The van der Waals surface area contributed by atoms with E-state index >= 15 is 0 Å². The number of rotatable bonds is 7. The molecule has 0 bridgehead atoms. The molecule has 146 valence electrons. The van der Waals surface area contributed by atoms with Gasteiger partial charge < -0.3 is 20.1 Å². The highest BCUT2D eigenvalue weighted by molar-refractivity contribution is 5.63. The molecule has 0 spiro atoms. The molecule has 0 radical (unpaired) electrons. The first-order chi connectivity index (χ1) is 12.6. The quantitative estimate of drug-likeness (QED) is 0.708. The molecule has 0 aliphatic heterocycles. The first-order valence-electron chi connectivity index (χ1n) is 8.24. The number of pyridine rings is 1. The van der Waals surface area contributed by atoms with Crippen LogP contribution in [0.4, 0.5) is 23.4 Å². The minimum Gasteiger partial charge on any atom is -0.402 e. The second-order valence-electron chi connectivity index (χ2n) is 6.38. The Hall–Kier alpha value is -2.62. The van der Waals surface area contributed by atoms with Crippen LogP contribution in [0.5, 0.6) is 5.75 Å². The number of nitrogens with zero attached hydrogens (tertiary/aromatic N) is 3. The molecule has 1 aliphatic rings. The number of ether oxygens (including phenoxy) is 1. The van der Waals surface area contributed by atoms with Crippen LogP contribution >= 0.6 is 0 Å². The van der Waals surface area contributed by atoms with Gasteiger partial charge in [0.2, 0.25) is 0 Å². The van der Waals surface area contributed by atoms with Gasteiger partial charge in [-0.2, -0.15) is 0 Å². The van der Waals surface area contributed by atoms with Crippen LogP contribution < -0.4 is 10.5 Å². The predicted molar refractivity (Wildman–Crippen MR) is 89.1 cm³/mol. The molecule has 1 fully saturated rings. The van der Waals surface area contributed by atoms with Gasteiger partial charge in [0.1, 0.15) is 11.9 Å². The van der Waals surface area contributed by atoms with Crippen molar-refractivity contribution in [2.75, 3.05) is 5.73 Å². The molecule has 2 aromatic rings. The van der Waals surface area contributed by atoms with E-state index in [2.05, 4.69) is 21.3 Å². The van der Waals surface area contributed by atoms with E-state index in [9.17, 15) is 22.7 Å². The van der Waals surface area contributed by atoms with Crippen LogP contribution in [-0.2, 0) is 6.54 Å². The molecule has 2 aromatic heterocycles.